The average molecular weight is 377 g/mol. The van der Waals surface area contributed by atoms with Crippen LogP contribution in [0.2, 0.25) is 5.02 Å². The molecule has 1 fully saturated rings. The Morgan fingerprint density at radius 3 is 2.69 bits per heavy atom. The predicted molar refractivity (Wildman–Crippen MR) is 101 cm³/mol. The Morgan fingerprint density at radius 1 is 1.31 bits per heavy atom. The molecule has 2 heterocycles. The van der Waals surface area contributed by atoms with Crippen LogP contribution in [0.3, 0.4) is 0 Å². The second kappa shape index (κ2) is 7.78. The molecule has 1 saturated heterocycles. The molecular formula is C18H21ClN4O3. The number of methoxy groups -OCH3 is 1. The molecule has 0 aliphatic carbocycles. The van der Waals surface area contributed by atoms with Gasteiger partial charge in [0.1, 0.15) is 23.2 Å². The summed E-state index contributed by atoms with van der Waals surface area (Å²) in [6.07, 6.45) is 1.23. The number of ether oxygens (including phenoxy) is 1. The van der Waals surface area contributed by atoms with E-state index < -0.39 is 5.97 Å². The lowest BCUT2D eigenvalue weighted by molar-refractivity contribution is -0.142. The Kier molecular flexibility index (Phi) is 5.46. The second-order valence-electron chi connectivity index (χ2n) is 6.23. The van der Waals surface area contributed by atoms with Gasteiger partial charge in [0, 0.05) is 24.2 Å². The molecule has 0 bridgehead atoms. The van der Waals surface area contributed by atoms with Crippen LogP contribution in [0.25, 0.3) is 0 Å². The van der Waals surface area contributed by atoms with Crippen LogP contribution in [0.15, 0.2) is 24.3 Å². The van der Waals surface area contributed by atoms with Crippen molar-refractivity contribution in [3.63, 3.8) is 0 Å². The molecular weight excluding hydrogens is 356 g/mol. The van der Waals surface area contributed by atoms with E-state index in [4.69, 9.17) is 21.4 Å². The largest absolute Gasteiger partial charge is 0.495 e. The van der Waals surface area contributed by atoms with E-state index in [1.807, 2.05) is 13.0 Å². The zero-order chi connectivity index (χ0) is 18.7. The maximum Gasteiger partial charge on any atom is 0.306 e. The normalized spacial score (nSPS) is 15.0. The Balaban J connectivity index is 1.81. The van der Waals surface area contributed by atoms with Gasteiger partial charge in [-0.3, -0.25) is 4.79 Å². The van der Waals surface area contributed by atoms with Crippen molar-refractivity contribution < 1.29 is 14.6 Å². The molecule has 26 heavy (non-hydrogen) atoms. The quantitative estimate of drug-likeness (QED) is 0.825. The van der Waals surface area contributed by atoms with Crippen LogP contribution in [0.1, 0.15) is 18.7 Å². The SMILES string of the molecule is COc1ccc(Cl)cc1Nc1cc(N2CCC(C(=O)O)CC2)nc(C)n1. The standard InChI is InChI=1S/C18H21ClN4O3/c1-11-20-16(22-14-9-13(19)3-4-15(14)26-2)10-17(21-11)23-7-5-12(6-8-23)18(24)25/h3-4,9-10,12H,5-8H2,1-2H3,(H,24,25)(H,20,21,22). The third-order valence-electron chi connectivity index (χ3n) is 4.42. The van der Waals surface area contributed by atoms with Gasteiger partial charge in [0.15, 0.2) is 0 Å². The van der Waals surface area contributed by atoms with E-state index in [0.29, 0.717) is 54.0 Å². The van der Waals surface area contributed by atoms with Crippen LogP contribution in [0.4, 0.5) is 17.3 Å². The van der Waals surface area contributed by atoms with Crippen LogP contribution in [0.5, 0.6) is 5.75 Å². The molecule has 1 aliphatic heterocycles. The van der Waals surface area contributed by atoms with Crippen molar-refractivity contribution in [2.24, 2.45) is 5.92 Å². The smallest absolute Gasteiger partial charge is 0.306 e. The average Bonchev–Trinajstić information content (AvgIpc) is 2.61. The Bertz CT molecular complexity index is 807. The number of piperidine rings is 1. The third kappa shape index (κ3) is 4.16. The first-order valence-corrected chi connectivity index (χ1v) is 8.78. The van der Waals surface area contributed by atoms with Gasteiger partial charge in [0.05, 0.1) is 18.7 Å². The van der Waals surface area contributed by atoms with Gasteiger partial charge in [-0.2, -0.15) is 0 Å². The minimum Gasteiger partial charge on any atom is -0.495 e. The van der Waals surface area contributed by atoms with Gasteiger partial charge in [0.25, 0.3) is 0 Å². The van der Waals surface area contributed by atoms with Gasteiger partial charge in [-0.05, 0) is 38.0 Å². The van der Waals surface area contributed by atoms with Crippen LogP contribution >= 0.6 is 11.6 Å². The highest BCUT2D eigenvalue weighted by Crippen LogP contribution is 2.31. The molecule has 8 heteroatoms. The molecule has 1 aliphatic rings. The predicted octanol–water partition coefficient (Wildman–Crippen LogP) is 3.49. The van der Waals surface area contributed by atoms with E-state index in [1.165, 1.54) is 0 Å². The molecule has 1 aromatic carbocycles. The van der Waals surface area contributed by atoms with Gasteiger partial charge in [-0.15, -0.1) is 0 Å². The number of benzene rings is 1. The van der Waals surface area contributed by atoms with E-state index >= 15 is 0 Å². The Labute approximate surface area is 157 Å². The Hall–Kier alpha value is -2.54. The Morgan fingerprint density at radius 2 is 2.04 bits per heavy atom. The number of anilines is 3. The van der Waals surface area contributed by atoms with Gasteiger partial charge >= 0.3 is 5.97 Å². The number of halogens is 1. The van der Waals surface area contributed by atoms with Crippen LogP contribution in [-0.2, 0) is 4.79 Å². The molecule has 0 unspecified atom stereocenters. The van der Waals surface area contributed by atoms with Crippen molar-refractivity contribution in [2.45, 2.75) is 19.8 Å². The first kappa shape index (κ1) is 18.3. The van der Waals surface area contributed by atoms with Crippen LogP contribution in [0, 0.1) is 12.8 Å². The summed E-state index contributed by atoms with van der Waals surface area (Å²) in [6, 6.07) is 7.18. The maximum atomic E-state index is 11.1. The van der Waals surface area contributed by atoms with E-state index in [2.05, 4.69) is 20.2 Å². The second-order valence-corrected chi connectivity index (χ2v) is 6.66. The number of aryl methyl sites for hydroxylation is 1. The van der Waals surface area contributed by atoms with E-state index in [0.717, 1.165) is 5.82 Å². The number of rotatable bonds is 5. The fourth-order valence-electron chi connectivity index (χ4n) is 3.05. The monoisotopic (exact) mass is 376 g/mol. The first-order valence-electron chi connectivity index (χ1n) is 8.40. The van der Waals surface area contributed by atoms with E-state index in [9.17, 15) is 4.79 Å². The van der Waals surface area contributed by atoms with Crippen molar-refractivity contribution in [1.29, 1.82) is 0 Å². The van der Waals surface area contributed by atoms with Crippen molar-refractivity contribution in [3.8, 4) is 5.75 Å². The summed E-state index contributed by atoms with van der Waals surface area (Å²) >= 11 is 6.08. The molecule has 1 aromatic heterocycles. The van der Waals surface area contributed by atoms with Crippen LogP contribution in [-0.4, -0.2) is 41.2 Å². The summed E-state index contributed by atoms with van der Waals surface area (Å²) in [5.74, 6) is 1.71. The number of carboxylic acids is 1. The third-order valence-corrected chi connectivity index (χ3v) is 4.65. The minimum atomic E-state index is -0.723. The number of hydrogen-bond donors (Lipinski definition) is 2. The molecule has 0 atom stereocenters. The number of aromatic nitrogens is 2. The molecule has 0 saturated carbocycles. The number of nitrogens with zero attached hydrogens (tertiary/aromatic N) is 3. The summed E-state index contributed by atoms with van der Waals surface area (Å²) in [5, 5.41) is 13.0. The minimum absolute atomic E-state index is 0.275. The van der Waals surface area contributed by atoms with Gasteiger partial charge in [0.2, 0.25) is 0 Å². The number of carboxylic acid groups (broad SMARTS) is 1. The lowest BCUT2D eigenvalue weighted by Crippen LogP contribution is -2.36. The highest BCUT2D eigenvalue weighted by atomic mass is 35.5. The molecule has 0 radical (unpaired) electrons. The number of carbonyl (C=O) groups is 1. The highest BCUT2D eigenvalue weighted by Gasteiger charge is 2.25. The lowest BCUT2D eigenvalue weighted by atomic mass is 9.97. The summed E-state index contributed by atoms with van der Waals surface area (Å²) < 4.78 is 5.35. The molecule has 0 amide bonds. The fourth-order valence-corrected chi connectivity index (χ4v) is 3.22. The summed E-state index contributed by atoms with van der Waals surface area (Å²) in [7, 11) is 1.59. The fraction of sp³-hybridized carbons (Fsp3) is 0.389. The molecule has 2 N–H and O–H groups in total. The number of aliphatic carboxylic acids is 1. The summed E-state index contributed by atoms with van der Waals surface area (Å²) in [6.45, 7) is 3.15. The maximum absolute atomic E-state index is 11.1. The number of hydrogen-bond acceptors (Lipinski definition) is 6. The summed E-state index contributed by atoms with van der Waals surface area (Å²) in [4.78, 5) is 22.1. The lowest BCUT2D eigenvalue weighted by Gasteiger charge is -2.31. The van der Waals surface area contributed by atoms with E-state index in [1.54, 1.807) is 25.3 Å². The van der Waals surface area contributed by atoms with Gasteiger partial charge in [-0.1, -0.05) is 11.6 Å². The van der Waals surface area contributed by atoms with Crippen molar-refractivity contribution >= 4 is 34.9 Å². The summed E-state index contributed by atoms with van der Waals surface area (Å²) in [5.41, 5.74) is 0.716. The zero-order valence-corrected chi connectivity index (χ0v) is 15.5. The van der Waals surface area contributed by atoms with Crippen molar-refractivity contribution in [2.75, 3.05) is 30.4 Å². The van der Waals surface area contributed by atoms with Gasteiger partial charge < -0.3 is 20.1 Å². The molecule has 138 valence electrons. The van der Waals surface area contributed by atoms with E-state index in [-0.39, 0.29) is 5.92 Å². The molecule has 2 aromatic rings. The van der Waals surface area contributed by atoms with Crippen molar-refractivity contribution in [1.82, 2.24) is 9.97 Å². The zero-order valence-electron chi connectivity index (χ0n) is 14.7. The molecule has 3 rings (SSSR count). The van der Waals surface area contributed by atoms with Gasteiger partial charge in [-0.25, -0.2) is 9.97 Å². The molecule has 7 nitrogen and oxygen atoms in total. The first-order chi connectivity index (χ1) is 12.5. The number of nitrogens with one attached hydrogen (secondary N) is 1. The molecule has 0 spiro atoms. The van der Waals surface area contributed by atoms with Crippen LogP contribution < -0.4 is 15.0 Å². The highest BCUT2D eigenvalue weighted by molar-refractivity contribution is 6.31. The topological polar surface area (TPSA) is 87.6 Å². The van der Waals surface area contributed by atoms with Crippen molar-refractivity contribution in [3.05, 3.63) is 35.1 Å².